The fourth-order valence-electron chi connectivity index (χ4n) is 4.65. The minimum atomic E-state index is -0.368. The normalized spacial score (nSPS) is 13.6. The molecule has 0 atom stereocenters. The molecule has 0 bridgehead atoms. The monoisotopic (exact) mass is 533 g/mol. The van der Waals surface area contributed by atoms with Crippen molar-refractivity contribution in [3.63, 3.8) is 0 Å². The first-order valence-electron chi connectivity index (χ1n) is 11.7. The van der Waals surface area contributed by atoms with E-state index in [1.165, 1.54) is 12.1 Å². The molecule has 2 aromatic heterocycles. The van der Waals surface area contributed by atoms with E-state index in [1.807, 2.05) is 24.3 Å². The van der Waals surface area contributed by atoms with Gasteiger partial charge in [0.25, 0.3) is 0 Å². The number of halogens is 3. The molecule has 5 rings (SSSR count). The highest BCUT2D eigenvalue weighted by atomic mass is 35.5. The van der Waals surface area contributed by atoms with Crippen molar-refractivity contribution in [2.45, 2.75) is 19.5 Å². The van der Waals surface area contributed by atoms with Crippen molar-refractivity contribution < 1.29 is 9.18 Å². The second-order valence-corrected chi connectivity index (χ2v) is 9.60. The Hall–Kier alpha value is -3.70. The molecule has 1 amide bonds. The zero-order chi connectivity index (χ0) is 25.9. The van der Waals surface area contributed by atoms with E-state index in [-0.39, 0.29) is 11.8 Å². The van der Waals surface area contributed by atoms with Crippen LogP contribution in [0.25, 0.3) is 17.0 Å². The van der Waals surface area contributed by atoms with Gasteiger partial charge in [0.1, 0.15) is 11.0 Å². The standard InChI is InChI=1S/C28H22Cl2FN5O/c29-24-14-21(31)5-4-20(24)2-1-10-35-11-8-26-23(17-35)22-12-18(15-32)3-6-25(22)36(26)28(37)34-16-19-7-9-33-27(30)13-19/h1-7,9,12-14H,8,10-11,16-17H2,(H,34,37)/b2-1+. The number of carbonyl (C=O) groups excluding carboxylic acids is 1. The highest BCUT2D eigenvalue weighted by Gasteiger charge is 2.26. The number of pyridine rings is 1. The number of fused-ring (bicyclic) bond motifs is 3. The van der Waals surface area contributed by atoms with Crippen molar-refractivity contribution in [3.8, 4) is 6.07 Å². The van der Waals surface area contributed by atoms with Crippen molar-refractivity contribution in [2.75, 3.05) is 13.1 Å². The van der Waals surface area contributed by atoms with Gasteiger partial charge in [0.2, 0.25) is 0 Å². The fourth-order valence-corrected chi connectivity index (χ4v) is 5.07. The molecule has 0 unspecified atom stereocenters. The van der Waals surface area contributed by atoms with Crippen LogP contribution in [0.5, 0.6) is 0 Å². The topological polar surface area (TPSA) is 74.0 Å². The summed E-state index contributed by atoms with van der Waals surface area (Å²) >= 11 is 12.1. The molecule has 9 heteroatoms. The van der Waals surface area contributed by atoms with E-state index >= 15 is 0 Å². The van der Waals surface area contributed by atoms with E-state index in [2.05, 4.69) is 21.3 Å². The summed E-state index contributed by atoms with van der Waals surface area (Å²) in [5.41, 5.74) is 4.89. The Balaban J connectivity index is 1.39. The van der Waals surface area contributed by atoms with Crippen molar-refractivity contribution in [1.82, 2.24) is 19.8 Å². The molecular formula is C28H22Cl2FN5O. The van der Waals surface area contributed by atoms with Crippen LogP contribution in [0.15, 0.2) is 60.8 Å². The van der Waals surface area contributed by atoms with Gasteiger partial charge in [-0.3, -0.25) is 9.47 Å². The molecule has 0 radical (unpaired) electrons. The summed E-state index contributed by atoms with van der Waals surface area (Å²) in [4.78, 5) is 19.6. The molecule has 4 aromatic rings. The molecule has 0 aliphatic carbocycles. The Morgan fingerprint density at radius 2 is 2.05 bits per heavy atom. The molecule has 186 valence electrons. The minimum Gasteiger partial charge on any atom is -0.333 e. The second kappa shape index (κ2) is 10.7. The third-order valence-corrected chi connectivity index (χ3v) is 6.95. The van der Waals surface area contributed by atoms with Gasteiger partial charge < -0.3 is 5.32 Å². The Kier molecular flexibility index (Phi) is 7.24. The van der Waals surface area contributed by atoms with Crippen molar-refractivity contribution in [1.29, 1.82) is 5.26 Å². The molecular weight excluding hydrogens is 512 g/mol. The number of nitriles is 1. The van der Waals surface area contributed by atoms with Gasteiger partial charge in [-0.05, 0) is 59.2 Å². The number of benzene rings is 2. The van der Waals surface area contributed by atoms with Gasteiger partial charge in [-0.1, -0.05) is 41.4 Å². The van der Waals surface area contributed by atoms with E-state index < -0.39 is 0 Å². The molecule has 1 aliphatic heterocycles. The maximum atomic E-state index is 13.3. The van der Waals surface area contributed by atoms with Crippen LogP contribution in [0.4, 0.5) is 9.18 Å². The van der Waals surface area contributed by atoms with Crippen LogP contribution in [0.3, 0.4) is 0 Å². The Bertz CT molecular complexity index is 1570. The fraction of sp³-hybridized carbons (Fsp3) is 0.179. The van der Waals surface area contributed by atoms with E-state index in [1.54, 1.807) is 35.0 Å². The first kappa shape index (κ1) is 25.0. The van der Waals surface area contributed by atoms with E-state index in [0.717, 1.165) is 39.8 Å². The van der Waals surface area contributed by atoms with Crippen LogP contribution in [0, 0.1) is 17.1 Å². The first-order valence-corrected chi connectivity index (χ1v) is 12.5. The lowest BCUT2D eigenvalue weighted by molar-refractivity contribution is 0.240. The number of rotatable bonds is 5. The highest BCUT2D eigenvalue weighted by molar-refractivity contribution is 6.32. The van der Waals surface area contributed by atoms with Crippen LogP contribution in [-0.4, -0.2) is 33.6 Å². The number of nitrogens with zero attached hydrogens (tertiary/aromatic N) is 4. The zero-order valence-electron chi connectivity index (χ0n) is 19.7. The number of nitrogens with one attached hydrogen (secondary N) is 1. The smallest absolute Gasteiger partial charge is 0.326 e. The second-order valence-electron chi connectivity index (χ2n) is 8.80. The summed E-state index contributed by atoms with van der Waals surface area (Å²) in [6.45, 7) is 2.35. The van der Waals surface area contributed by atoms with Crippen LogP contribution in [-0.2, 0) is 19.5 Å². The van der Waals surface area contributed by atoms with Crippen molar-refractivity contribution >= 4 is 46.2 Å². The molecule has 2 aromatic carbocycles. The number of hydrogen-bond donors (Lipinski definition) is 1. The molecule has 1 aliphatic rings. The van der Waals surface area contributed by atoms with Crippen LogP contribution >= 0.6 is 23.2 Å². The first-order chi connectivity index (χ1) is 17.9. The lowest BCUT2D eigenvalue weighted by Gasteiger charge is -2.27. The van der Waals surface area contributed by atoms with Gasteiger partial charge in [0.05, 0.1) is 22.2 Å². The van der Waals surface area contributed by atoms with Crippen LogP contribution in [0.2, 0.25) is 10.2 Å². The van der Waals surface area contributed by atoms with E-state index in [4.69, 9.17) is 23.2 Å². The van der Waals surface area contributed by atoms with Crippen molar-refractivity contribution in [3.05, 3.63) is 105 Å². The quantitative estimate of drug-likeness (QED) is 0.310. The largest absolute Gasteiger partial charge is 0.333 e. The van der Waals surface area contributed by atoms with Crippen LogP contribution < -0.4 is 5.32 Å². The molecule has 6 nitrogen and oxygen atoms in total. The number of aromatic nitrogens is 2. The Labute approximate surface area is 223 Å². The van der Waals surface area contributed by atoms with E-state index in [0.29, 0.717) is 41.8 Å². The highest BCUT2D eigenvalue weighted by Crippen LogP contribution is 2.32. The summed E-state index contributed by atoms with van der Waals surface area (Å²) in [5.74, 6) is -0.368. The van der Waals surface area contributed by atoms with Gasteiger partial charge in [0, 0.05) is 49.9 Å². The number of carbonyl (C=O) groups is 1. The van der Waals surface area contributed by atoms with E-state index in [9.17, 15) is 14.4 Å². The summed E-state index contributed by atoms with van der Waals surface area (Å²) < 4.78 is 15.0. The molecule has 0 saturated carbocycles. The Morgan fingerprint density at radius 3 is 2.84 bits per heavy atom. The minimum absolute atomic E-state index is 0.233. The third-order valence-electron chi connectivity index (χ3n) is 6.42. The molecule has 0 saturated heterocycles. The average molecular weight is 534 g/mol. The van der Waals surface area contributed by atoms with Gasteiger partial charge in [0.15, 0.2) is 0 Å². The predicted octanol–water partition coefficient (Wildman–Crippen LogP) is 6.18. The van der Waals surface area contributed by atoms with Crippen molar-refractivity contribution in [2.24, 2.45) is 0 Å². The summed E-state index contributed by atoms with van der Waals surface area (Å²) in [5, 5.41) is 14.1. The van der Waals surface area contributed by atoms with Gasteiger partial charge in [-0.25, -0.2) is 14.2 Å². The SMILES string of the molecule is N#Cc1ccc2c(c1)c1c(n2C(=O)NCc2ccnc(Cl)c2)CCN(C/C=C/c2ccc(F)cc2Cl)C1. The number of hydrogen-bond acceptors (Lipinski definition) is 4. The van der Waals surface area contributed by atoms with Gasteiger partial charge >= 0.3 is 6.03 Å². The molecule has 3 heterocycles. The van der Waals surface area contributed by atoms with Gasteiger partial charge in [-0.2, -0.15) is 5.26 Å². The van der Waals surface area contributed by atoms with Gasteiger partial charge in [-0.15, -0.1) is 0 Å². The average Bonchev–Trinajstić information content (AvgIpc) is 3.21. The lowest BCUT2D eigenvalue weighted by Crippen LogP contribution is -2.34. The lowest BCUT2D eigenvalue weighted by atomic mass is 10.0. The summed E-state index contributed by atoms with van der Waals surface area (Å²) in [6, 6.07) is 15.2. The van der Waals surface area contributed by atoms with Crippen LogP contribution in [0.1, 0.15) is 27.9 Å². The molecule has 0 spiro atoms. The maximum Gasteiger partial charge on any atom is 0.326 e. The third kappa shape index (κ3) is 5.37. The predicted molar refractivity (Wildman–Crippen MR) is 143 cm³/mol. The zero-order valence-corrected chi connectivity index (χ0v) is 21.2. The molecule has 0 fully saturated rings. The molecule has 37 heavy (non-hydrogen) atoms. The number of amides is 1. The Morgan fingerprint density at radius 1 is 1.19 bits per heavy atom. The molecule has 1 N–H and O–H groups in total. The summed E-state index contributed by atoms with van der Waals surface area (Å²) in [7, 11) is 0. The maximum absolute atomic E-state index is 13.3. The summed E-state index contributed by atoms with van der Waals surface area (Å²) in [6.07, 6.45) is 6.16.